The van der Waals surface area contributed by atoms with Gasteiger partial charge in [0.05, 0.1) is 5.02 Å². The Balaban J connectivity index is 1.89. The highest BCUT2D eigenvalue weighted by Crippen LogP contribution is 2.34. The van der Waals surface area contributed by atoms with Crippen LogP contribution < -0.4 is 11.2 Å². The molecule has 2 aromatic carbocycles. The predicted octanol–water partition coefficient (Wildman–Crippen LogP) is 5.35. The van der Waals surface area contributed by atoms with E-state index in [2.05, 4.69) is 4.98 Å². The van der Waals surface area contributed by atoms with Crippen molar-refractivity contribution in [1.29, 1.82) is 0 Å². The molecule has 1 saturated carbocycles. The Labute approximate surface area is 188 Å². The summed E-state index contributed by atoms with van der Waals surface area (Å²) < 4.78 is 3.41. The van der Waals surface area contributed by atoms with E-state index in [1.54, 1.807) is 27.3 Å². The lowest BCUT2D eigenvalue weighted by Gasteiger charge is -2.23. The number of hydrogen-bond acceptors (Lipinski definition) is 3. The second-order valence-electron chi connectivity index (χ2n) is 7.82. The van der Waals surface area contributed by atoms with E-state index in [-0.39, 0.29) is 6.04 Å². The molecule has 0 saturated heterocycles. The molecule has 0 radical (unpaired) electrons. The molecule has 0 bridgehead atoms. The van der Waals surface area contributed by atoms with Crippen LogP contribution in [0.25, 0.3) is 28.2 Å². The quantitative estimate of drug-likeness (QED) is 0.453. The van der Waals surface area contributed by atoms with Gasteiger partial charge in [-0.05, 0) is 49.2 Å². The summed E-state index contributed by atoms with van der Waals surface area (Å²) in [5.74, 6) is 0.503. The number of halogens is 2. The van der Waals surface area contributed by atoms with Crippen LogP contribution in [0.3, 0.4) is 0 Å². The van der Waals surface area contributed by atoms with Crippen molar-refractivity contribution >= 4 is 34.4 Å². The molecule has 0 spiro atoms. The highest BCUT2D eigenvalue weighted by Gasteiger charge is 2.26. The van der Waals surface area contributed by atoms with Gasteiger partial charge in [0.1, 0.15) is 5.82 Å². The van der Waals surface area contributed by atoms with Gasteiger partial charge in [-0.3, -0.25) is 18.9 Å². The fourth-order valence-electron chi connectivity index (χ4n) is 4.44. The summed E-state index contributed by atoms with van der Waals surface area (Å²) in [5.41, 5.74) is 1.19. The number of aromatic amines is 1. The van der Waals surface area contributed by atoms with Crippen LogP contribution in [0.4, 0.5) is 0 Å². The maximum atomic E-state index is 13.0. The summed E-state index contributed by atoms with van der Waals surface area (Å²) in [6.07, 6.45) is 5.02. The van der Waals surface area contributed by atoms with Crippen LogP contribution in [0.5, 0.6) is 0 Å². The largest absolute Gasteiger partial charge is 0.330 e. The predicted molar refractivity (Wildman–Crippen MR) is 124 cm³/mol. The maximum absolute atomic E-state index is 13.0. The lowest BCUT2D eigenvalue weighted by atomic mass is 9.95. The first-order chi connectivity index (χ1) is 15.0. The molecule has 6 nitrogen and oxygen atoms in total. The first-order valence-corrected chi connectivity index (χ1v) is 11.1. The molecule has 2 aromatic heterocycles. The molecular formula is C23H20Cl2N4O2. The molecule has 0 aliphatic heterocycles. The average Bonchev–Trinajstić information content (AvgIpc) is 3.16. The average molecular weight is 455 g/mol. The first kappa shape index (κ1) is 20.1. The minimum atomic E-state index is -0.479. The smallest absolute Gasteiger partial charge is 0.286 e. The number of nitrogens with one attached hydrogen (secondary N) is 1. The van der Waals surface area contributed by atoms with E-state index in [1.807, 2.05) is 30.3 Å². The zero-order valence-corrected chi connectivity index (χ0v) is 18.2. The van der Waals surface area contributed by atoms with E-state index in [0.717, 1.165) is 32.1 Å². The summed E-state index contributed by atoms with van der Waals surface area (Å²) in [4.78, 5) is 33.2. The van der Waals surface area contributed by atoms with Crippen LogP contribution in [0.15, 0.2) is 58.1 Å². The number of imidazole rings is 1. The van der Waals surface area contributed by atoms with Crippen LogP contribution in [-0.4, -0.2) is 19.1 Å². The van der Waals surface area contributed by atoms with Gasteiger partial charge in [-0.1, -0.05) is 54.6 Å². The zero-order valence-electron chi connectivity index (χ0n) is 16.6. The minimum absolute atomic E-state index is 0.00765. The molecule has 1 aliphatic carbocycles. The monoisotopic (exact) mass is 454 g/mol. The van der Waals surface area contributed by atoms with Gasteiger partial charge in [-0.15, -0.1) is 0 Å². The molecule has 1 N–H and O–H groups in total. The first-order valence-electron chi connectivity index (χ1n) is 10.3. The summed E-state index contributed by atoms with van der Waals surface area (Å²) in [7, 11) is 0. The number of H-pyrrole nitrogens is 1. The number of fused-ring (bicyclic) bond motifs is 1. The summed E-state index contributed by atoms with van der Waals surface area (Å²) in [6, 6.07) is 14.5. The Hall–Kier alpha value is -2.83. The van der Waals surface area contributed by atoms with Crippen molar-refractivity contribution < 1.29 is 0 Å². The molecule has 158 valence electrons. The van der Waals surface area contributed by atoms with Crippen LogP contribution in [0.1, 0.15) is 38.1 Å². The Morgan fingerprint density at radius 2 is 1.65 bits per heavy atom. The SMILES string of the molecule is O=c1[nH]c(=O)n(C2CCCCC2)c2nc(-c3ccccc3Cl)n(-c3ccc(Cl)cc3)c12. The van der Waals surface area contributed by atoms with Crippen molar-refractivity contribution in [3.63, 3.8) is 0 Å². The molecule has 0 unspecified atom stereocenters. The van der Waals surface area contributed by atoms with Gasteiger partial charge in [0, 0.05) is 22.3 Å². The molecule has 0 atom stereocenters. The molecule has 1 aliphatic rings. The Kier molecular flexibility index (Phi) is 5.20. The Morgan fingerprint density at radius 3 is 2.35 bits per heavy atom. The standard InChI is InChI=1S/C23H20Cl2N4O2/c24-14-10-12-16(13-11-14)28-19-21(26-20(28)17-8-4-5-9-18(17)25)29(23(31)27-22(19)30)15-6-2-1-3-7-15/h4-5,8-13,15H,1-3,6-7H2,(H,27,30,31). The van der Waals surface area contributed by atoms with Crippen molar-refractivity contribution in [2.45, 2.75) is 38.1 Å². The van der Waals surface area contributed by atoms with Gasteiger partial charge < -0.3 is 0 Å². The lowest BCUT2D eigenvalue weighted by Crippen LogP contribution is -2.34. The maximum Gasteiger partial charge on any atom is 0.330 e. The summed E-state index contributed by atoms with van der Waals surface area (Å²) in [6.45, 7) is 0. The van der Waals surface area contributed by atoms with Gasteiger partial charge in [-0.2, -0.15) is 0 Å². The van der Waals surface area contributed by atoms with E-state index >= 15 is 0 Å². The molecule has 4 aromatic rings. The summed E-state index contributed by atoms with van der Waals surface area (Å²) >= 11 is 12.6. The van der Waals surface area contributed by atoms with Gasteiger partial charge in [0.2, 0.25) is 0 Å². The number of hydrogen-bond donors (Lipinski definition) is 1. The van der Waals surface area contributed by atoms with Crippen molar-refractivity contribution in [3.8, 4) is 17.1 Å². The van der Waals surface area contributed by atoms with Crippen LogP contribution in [0.2, 0.25) is 10.0 Å². The third-order valence-corrected chi connectivity index (χ3v) is 6.46. The second-order valence-corrected chi connectivity index (χ2v) is 8.66. The van der Waals surface area contributed by atoms with Crippen molar-refractivity contribution in [2.24, 2.45) is 0 Å². The van der Waals surface area contributed by atoms with Gasteiger partial charge in [-0.25, -0.2) is 9.78 Å². The van der Waals surface area contributed by atoms with E-state index in [1.165, 1.54) is 0 Å². The lowest BCUT2D eigenvalue weighted by molar-refractivity contribution is 0.349. The van der Waals surface area contributed by atoms with E-state index in [9.17, 15) is 9.59 Å². The Morgan fingerprint density at radius 1 is 0.935 bits per heavy atom. The van der Waals surface area contributed by atoms with Crippen molar-refractivity contribution in [2.75, 3.05) is 0 Å². The number of nitrogens with zero attached hydrogens (tertiary/aromatic N) is 3. The van der Waals surface area contributed by atoms with Crippen molar-refractivity contribution in [3.05, 3.63) is 79.4 Å². The van der Waals surface area contributed by atoms with Crippen molar-refractivity contribution in [1.82, 2.24) is 19.1 Å². The van der Waals surface area contributed by atoms with Crippen LogP contribution in [-0.2, 0) is 0 Å². The third-order valence-electron chi connectivity index (χ3n) is 5.88. The minimum Gasteiger partial charge on any atom is -0.286 e. The fraction of sp³-hybridized carbons (Fsp3) is 0.261. The molecule has 31 heavy (non-hydrogen) atoms. The highest BCUT2D eigenvalue weighted by atomic mass is 35.5. The van der Waals surface area contributed by atoms with Crippen LogP contribution >= 0.6 is 23.2 Å². The van der Waals surface area contributed by atoms with E-state index < -0.39 is 11.2 Å². The van der Waals surface area contributed by atoms with Crippen LogP contribution in [0, 0.1) is 0 Å². The summed E-state index contributed by atoms with van der Waals surface area (Å²) in [5, 5.41) is 1.09. The number of aromatic nitrogens is 4. The topological polar surface area (TPSA) is 72.7 Å². The van der Waals surface area contributed by atoms with E-state index in [0.29, 0.717) is 38.3 Å². The fourth-order valence-corrected chi connectivity index (χ4v) is 4.78. The number of benzene rings is 2. The molecule has 1 fully saturated rings. The zero-order chi connectivity index (χ0) is 21.5. The van der Waals surface area contributed by atoms with Gasteiger partial charge in [0.25, 0.3) is 5.56 Å². The molecular weight excluding hydrogens is 435 g/mol. The number of rotatable bonds is 3. The highest BCUT2D eigenvalue weighted by molar-refractivity contribution is 6.33. The Bertz CT molecular complexity index is 1380. The molecule has 0 amide bonds. The normalized spacial score (nSPS) is 14.9. The molecule has 5 rings (SSSR count). The second kappa shape index (κ2) is 8.02. The third kappa shape index (κ3) is 3.50. The molecule has 2 heterocycles. The van der Waals surface area contributed by atoms with Gasteiger partial charge in [0.15, 0.2) is 11.2 Å². The molecule has 8 heteroatoms. The van der Waals surface area contributed by atoms with Gasteiger partial charge >= 0.3 is 5.69 Å². The van der Waals surface area contributed by atoms with E-state index in [4.69, 9.17) is 28.2 Å².